The van der Waals surface area contributed by atoms with Crippen molar-refractivity contribution in [1.82, 2.24) is 20.9 Å². The van der Waals surface area contributed by atoms with Crippen LogP contribution in [0.25, 0.3) is 0 Å². The number of nitrogens with one attached hydrogen (secondary N) is 3. The maximum Gasteiger partial charge on any atom is 0.253 e. The van der Waals surface area contributed by atoms with Crippen molar-refractivity contribution < 1.29 is 9.59 Å². The van der Waals surface area contributed by atoms with Gasteiger partial charge in [0, 0.05) is 51.8 Å². The maximum atomic E-state index is 12.1. The second-order valence-electron chi connectivity index (χ2n) is 7.61. The van der Waals surface area contributed by atoms with E-state index < -0.39 is 0 Å². The molecule has 1 saturated carbocycles. The zero-order chi connectivity index (χ0) is 21.1. The van der Waals surface area contributed by atoms with Crippen molar-refractivity contribution >= 4 is 17.8 Å². The molecule has 0 aliphatic heterocycles. The van der Waals surface area contributed by atoms with Gasteiger partial charge < -0.3 is 20.9 Å². The number of rotatable bonds is 10. The number of nitrogens with zero attached hydrogens (tertiary/aromatic N) is 2. The molecule has 0 aromatic heterocycles. The fourth-order valence-corrected chi connectivity index (χ4v) is 3.08. The van der Waals surface area contributed by atoms with Crippen LogP contribution in [-0.2, 0) is 11.2 Å². The third-order valence-corrected chi connectivity index (χ3v) is 5.01. The minimum atomic E-state index is 0.0131. The molecule has 0 atom stereocenters. The van der Waals surface area contributed by atoms with E-state index in [1.54, 1.807) is 19.0 Å². The van der Waals surface area contributed by atoms with Crippen LogP contribution in [0.2, 0.25) is 0 Å². The highest BCUT2D eigenvalue weighted by molar-refractivity contribution is 5.94. The van der Waals surface area contributed by atoms with Gasteiger partial charge in [-0.15, -0.1) is 0 Å². The summed E-state index contributed by atoms with van der Waals surface area (Å²) < 4.78 is 0. The Labute approximate surface area is 174 Å². The summed E-state index contributed by atoms with van der Waals surface area (Å²) in [6.07, 6.45) is 4.87. The van der Waals surface area contributed by atoms with Crippen LogP contribution in [0.4, 0.5) is 0 Å². The van der Waals surface area contributed by atoms with Gasteiger partial charge in [-0.2, -0.15) is 0 Å². The van der Waals surface area contributed by atoms with Crippen molar-refractivity contribution in [2.75, 3.05) is 40.3 Å². The van der Waals surface area contributed by atoms with Crippen LogP contribution >= 0.6 is 0 Å². The van der Waals surface area contributed by atoms with Gasteiger partial charge in [0.05, 0.1) is 0 Å². The molecule has 1 aliphatic carbocycles. The molecular weight excluding hydrogens is 366 g/mol. The molecule has 1 aliphatic rings. The number of carbonyl (C=O) groups excluding carboxylic acids is 2. The van der Waals surface area contributed by atoms with Gasteiger partial charge in [-0.1, -0.05) is 18.6 Å². The molecule has 1 aromatic rings. The van der Waals surface area contributed by atoms with Crippen LogP contribution in [0.5, 0.6) is 0 Å². The number of amides is 2. The Morgan fingerprint density at radius 3 is 2.59 bits per heavy atom. The normalized spacial score (nSPS) is 14.1. The Morgan fingerprint density at radius 2 is 1.93 bits per heavy atom. The SMILES string of the molecule is CCNC(=NCCCNC(=O)C1CCC1)NCCc1cccc(C(=O)N(C)C)c1. The Bertz CT molecular complexity index is 698. The van der Waals surface area contributed by atoms with E-state index in [1.165, 1.54) is 6.42 Å². The maximum absolute atomic E-state index is 12.1. The largest absolute Gasteiger partial charge is 0.357 e. The molecule has 7 nitrogen and oxygen atoms in total. The van der Waals surface area contributed by atoms with Gasteiger partial charge in [0.25, 0.3) is 5.91 Å². The van der Waals surface area contributed by atoms with Gasteiger partial charge >= 0.3 is 0 Å². The first kappa shape index (κ1) is 22.7. The lowest BCUT2D eigenvalue weighted by atomic mass is 9.85. The van der Waals surface area contributed by atoms with Crippen molar-refractivity contribution in [3.63, 3.8) is 0 Å². The lowest BCUT2D eigenvalue weighted by molar-refractivity contribution is -0.127. The van der Waals surface area contributed by atoms with Gasteiger partial charge in [-0.3, -0.25) is 14.6 Å². The Kier molecular flexibility index (Phi) is 9.47. The molecule has 0 saturated heterocycles. The van der Waals surface area contributed by atoms with E-state index in [0.717, 1.165) is 50.3 Å². The number of guanidine groups is 1. The molecule has 0 heterocycles. The van der Waals surface area contributed by atoms with Crippen LogP contribution in [0.1, 0.15) is 48.5 Å². The van der Waals surface area contributed by atoms with Gasteiger partial charge in [-0.25, -0.2) is 0 Å². The van der Waals surface area contributed by atoms with Gasteiger partial charge in [0.2, 0.25) is 5.91 Å². The summed E-state index contributed by atoms with van der Waals surface area (Å²) in [4.78, 5) is 30.1. The monoisotopic (exact) mass is 401 g/mol. The molecule has 29 heavy (non-hydrogen) atoms. The molecule has 0 radical (unpaired) electrons. The molecule has 2 amide bonds. The molecular formula is C22H35N5O2. The quantitative estimate of drug-likeness (QED) is 0.317. The lowest BCUT2D eigenvalue weighted by Crippen LogP contribution is -2.38. The average Bonchev–Trinajstić information content (AvgIpc) is 2.65. The summed E-state index contributed by atoms with van der Waals surface area (Å²) in [6.45, 7) is 4.88. The predicted molar refractivity (Wildman–Crippen MR) is 117 cm³/mol. The summed E-state index contributed by atoms with van der Waals surface area (Å²) in [5, 5.41) is 9.57. The highest BCUT2D eigenvalue weighted by Gasteiger charge is 2.24. The van der Waals surface area contributed by atoms with E-state index in [0.29, 0.717) is 18.7 Å². The Hall–Kier alpha value is -2.57. The minimum absolute atomic E-state index is 0.0131. The summed E-state index contributed by atoms with van der Waals surface area (Å²) in [6, 6.07) is 7.74. The topological polar surface area (TPSA) is 85.8 Å². The molecule has 1 fully saturated rings. The van der Waals surface area contributed by atoms with Crippen LogP contribution in [-0.4, -0.2) is 62.9 Å². The van der Waals surface area contributed by atoms with E-state index in [4.69, 9.17) is 0 Å². The van der Waals surface area contributed by atoms with E-state index >= 15 is 0 Å². The lowest BCUT2D eigenvalue weighted by Gasteiger charge is -2.23. The van der Waals surface area contributed by atoms with E-state index in [1.807, 2.05) is 31.2 Å². The summed E-state index contributed by atoms with van der Waals surface area (Å²) >= 11 is 0. The van der Waals surface area contributed by atoms with Gasteiger partial charge in [-0.05, 0) is 50.3 Å². The highest BCUT2D eigenvalue weighted by Crippen LogP contribution is 2.25. The predicted octanol–water partition coefficient (Wildman–Crippen LogP) is 1.79. The smallest absolute Gasteiger partial charge is 0.253 e. The molecule has 1 aromatic carbocycles. The van der Waals surface area contributed by atoms with Crippen molar-refractivity contribution in [3.05, 3.63) is 35.4 Å². The molecule has 160 valence electrons. The van der Waals surface area contributed by atoms with E-state index in [-0.39, 0.29) is 17.7 Å². The number of aliphatic imine (C=N–C) groups is 1. The average molecular weight is 402 g/mol. The Morgan fingerprint density at radius 1 is 1.14 bits per heavy atom. The zero-order valence-corrected chi connectivity index (χ0v) is 18.0. The van der Waals surface area contributed by atoms with E-state index in [2.05, 4.69) is 20.9 Å². The standard InChI is InChI=1S/C22H35N5O2/c1-4-23-22(25-14-7-13-24-20(28)18-9-6-10-18)26-15-12-17-8-5-11-19(16-17)21(29)27(2)3/h5,8,11,16,18H,4,6-7,9-10,12-15H2,1-3H3,(H,24,28)(H2,23,25,26). The van der Waals surface area contributed by atoms with E-state index in [9.17, 15) is 9.59 Å². The van der Waals surface area contributed by atoms with Crippen molar-refractivity contribution in [1.29, 1.82) is 0 Å². The fraction of sp³-hybridized carbons (Fsp3) is 0.591. The number of carbonyl (C=O) groups is 2. The van der Waals surface area contributed by atoms with Crippen molar-refractivity contribution in [2.24, 2.45) is 10.9 Å². The van der Waals surface area contributed by atoms with Crippen LogP contribution in [0.3, 0.4) is 0 Å². The first-order valence-corrected chi connectivity index (χ1v) is 10.6. The van der Waals surface area contributed by atoms with Gasteiger partial charge in [0.1, 0.15) is 0 Å². The van der Waals surface area contributed by atoms with Crippen LogP contribution < -0.4 is 16.0 Å². The molecule has 3 N–H and O–H groups in total. The third-order valence-electron chi connectivity index (χ3n) is 5.01. The molecule has 0 unspecified atom stereocenters. The second-order valence-corrected chi connectivity index (χ2v) is 7.61. The van der Waals surface area contributed by atoms with Crippen LogP contribution in [0.15, 0.2) is 29.3 Å². The molecule has 2 rings (SSSR count). The summed E-state index contributed by atoms with van der Waals surface area (Å²) in [5.41, 5.74) is 1.82. The number of hydrogen-bond donors (Lipinski definition) is 3. The number of benzene rings is 1. The first-order valence-electron chi connectivity index (χ1n) is 10.6. The summed E-state index contributed by atoms with van der Waals surface area (Å²) in [5.74, 6) is 1.22. The van der Waals surface area contributed by atoms with Crippen LogP contribution in [0, 0.1) is 5.92 Å². The fourth-order valence-electron chi connectivity index (χ4n) is 3.08. The molecule has 0 bridgehead atoms. The highest BCUT2D eigenvalue weighted by atomic mass is 16.2. The van der Waals surface area contributed by atoms with Crippen molar-refractivity contribution in [3.8, 4) is 0 Å². The zero-order valence-electron chi connectivity index (χ0n) is 18.0. The van der Waals surface area contributed by atoms with Gasteiger partial charge in [0.15, 0.2) is 5.96 Å². The number of hydrogen-bond acceptors (Lipinski definition) is 3. The molecule has 0 spiro atoms. The first-order chi connectivity index (χ1) is 14.0. The molecule has 7 heteroatoms. The van der Waals surface area contributed by atoms with Crippen molar-refractivity contribution in [2.45, 2.75) is 39.0 Å². The minimum Gasteiger partial charge on any atom is -0.357 e. The Balaban J connectivity index is 1.72. The second kappa shape index (κ2) is 12.1. The third kappa shape index (κ3) is 7.75. The summed E-state index contributed by atoms with van der Waals surface area (Å²) in [7, 11) is 3.52.